The van der Waals surface area contributed by atoms with Crippen molar-refractivity contribution >= 4 is 23.2 Å². The van der Waals surface area contributed by atoms with Gasteiger partial charge in [-0.3, -0.25) is 4.79 Å². The van der Waals surface area contributed by atoms with E-state index >= 15 is 0 Å². The number of carboxylic acid groups (broad SMARTS) is 1. The molecule has 0 aromatic heterocycles. The van der Waals surface area contributed by atoms with Crippen molar-refractivity contribution in [1.82, 2.24) is 9.80 Å². The Morgan fingerprint density at radius 2 is 1.79 bits per heavy atom. The summed E-state index contributed by atoms with van der Waals surface area (Å²) in [5.41, 5.74) is 0.769. The Balaban J connectivity index is 1.72. The molecule has 2 saturated heterocycles. The van der Waals surface area contributed by atoms with Crippen molar-refractivity contribution in [1.29, 1.82) is 0 Å². The van der Waals surface area contributed by atoms with Gasteiger partial charge in [0.05, 0.1) is 19.0 Å². The number of alkyl halides is 2. The van der Waals surface area contributed by atoms with Crippen molar-refractivity contribution in [2.24, 2.45) is 5.92 Å². The molecule has 2 amide bonds. The van der Waals surface area contributed by atoms with E-state index < -0.39 is 29.7 Å². The van der Waals surface area contributed by atoms with Crippen LogP contribution >= 0.6 is 0 Å². The summed E-state index contributed by atoms with van der Waals surface area (Å²) in [5, 5.41) is 9.50. The SMILES string of the molecule is O=C(O)C1CC(c2ccc(OC(F)F)cc2)CN(C(=O)N2CC[S+]([O-])CC2)C1. The van der Waals surface area contributed by atoms with Gasteiger partial charge in [-0.1, -0.05) is 23.3 Å². The summed E-state index contributed by atoms with van der Waals surface area (Å²) in [4.78, 5) is 27.6. The van der Waals surface area contributed by atoms with E-state index in [1.165, 1.54) is 17.0 Å². The fourth-order valence-corrected chi connectivity index (χ4v) is 4.68. The van der Waals surface area contributed by atoms with E-state index in [-0.39, 0.29) is 24.2 Å². The van der Waals surface area contributed by atoms with Gasteiger partial charge in [-0.05, 0) is 24.1 Å². The molecule has 28 heavy (non-hydrogen) atoms. The Hall–Kier alpha value is -2.07. The van der Waals surface area contributed by atoms with E-state index in [0.717, 1.165) is 5.56 Å². The quantitative estimate of drug-likeness (QED) is 0.758. The number of hydrogen-bond donors (Lipinski definition) is 1. The topological polar surface area (TPSA) is 93.1 Å². The number of carbonyl (C=O) groups is 2. The van der Waals surface area contributed by atoms with Crippen molar-refractivity contribution in [3.8, 4) is 5.75 Å². The van der Waals surface area contributed by atoms with E-state index in [9.17, 15) is 28.0 Å². The summed E-state index contributed by atoms with van der Waals surface area (Å²) in [6, 6.07) is 5.83. The highest BCUT2D eigenvalue weighted by Crippen LogP contribution is 2.32. The molecule has 2 atom stereocenters. The van der Waals surface area contributed by atoms with Crippen molar-refractivity contribution in [3.63, 3.8) is 0 Å². The molecule has 10 heteroatoms. The molecule has 0 aliphatic carbocycles. The van der Waals surface area contributed by atoms with Crippen LogP contribution in [0.15, 0.2) is 24.3 Å². The first-order valence-corrected chi connectivity index (χ1v) is 10.5. The standard InChI is InChI=1S/C18H22F2N2O5S/c19-17(20)27-15-3-1-12(2-4-15)13-9-14(16(23)24)11-22(10-13)18(25)21-5-7-28(26)8-6-21/h1-4,13-14,17H,5-11H2,(H,23,24). The fraction of sp³-hybridized carbons (Fsp3) is 0.556. The van der Waals surface area contributed by atoms with Gasteiger partial charge in [0.2, 0.25) is 0 Å². The van der Waals surface area contributed by atoms with Gasteiger partial charge in [-0.15, -0.1) is 0 Å². The average Bonchev–Trinajstić information content (AvgIpc) is 2.67. The molecule has 3 rings (SSSR count). The van der Waals surface area contributed by atoms with Crippen molar-refractivity contribution in [2.45, 2.75) is 19.0 Å². The highest BCUT2D eigenvalue weighted by Gasteiger charge is 2.37. The number of nitrogens with zero attached hydrogens (tertiary/aromatic N) is 2. The first-order chi connectivity index (χ1) is 13.3. The molecule has 0 spiro atoms. The van der Waals surface area contributed by atoms with Gasteiger partial charge in [-0.25, -0.2) is 4.79 Å². The number of halogens is 2. The first kappa shape index (κ1) is 20.7. The van der Waals surface area contributed by atoms with E-state index in [4.69, 9.17) is 0 Å². The molecule has 2 aliphatic heterocycles. The van der Waals surface area contributed by atoms with Crippen LogP contribution in [0.2, 0.25) is 0 Å². The summed E-state index contributed by atoms with van der Waals surface area (Å²) in [6.07, 6.45) is 0.359. The lowest BCUT2D eigenvalue weighted by Gasteiger charge is -2.40. The maximum atomic E-state index is 12.8. The van der Waals surface area contributed by atoms with Crippen LogP contribution in [0.3, 0.4) is 0 Å². The minimum absolute atomic E-state index is 0.0265. The smallest absolute Gasteiger partial charge is 0.387 e. The van der Waals surface area contributed by atoms with Gasteiger partial charge in [-0.2, -0.15) is 8.78 Å². The molecule has 2 fully saturated rings. The zero-order valence-corrected chi connectivity index (χ0v) is 15.9. The van der Waals surface area contributed by atoms with E-state index in [1.807, 2.05) is 0 Å². The summed E-state index contributed by atoms with van der Waals surface area (Å²) in [6.45, 7) is -1.66. The minimum atomic E-state index is -2.91. The highest BCUT2D eigenvalue weighted by molar-refractivity contribution is 7.91. The van der Waals surface area contributed by atoms with E-state index in [2.05, 4.69) is 4.74 Å². The highest BCUT2D eigenvalue weighted by atomic mass is 32.2. The van der Waals surface area contributed by atoms with Crippen molar-refractivity contribution < 1.29 is 32.8 Å². The number of carboxylic acids is 1. The monoisotopic (exact) mass is 416 g/mol. The minimum Gasteiger partial charge on any atom is -0.616 e. The number of piperidine rings is 1. The Morgan fingerprint density at radius 1 is 1.14 bits per heavy atom. The van der Waals surface area contributed by atoms with Crippen LogP contribution in [-0.4, -0.2) is 75.8 Å². The zero-order chi connectivity index (χ0) is 20.3. The third kappa shape index (κ3) is 5.05. The zero-order valence-electron chi connectivity index (χ0n) is 15.1. The molecule has 0 saturated carbocycles. The molecule has 2 unspecified atom stereocenters. The molecular weight excluding hydrogens is 394 g/mol. The number of hydrogen-bond acceptors (Lipinski definition) is 4. The molecule has 1 aromatic rings. The number of ether oxygens (including phenoxy) is 1. The second-order valence-corrected chi connectivity index (χ2v) is 8.63. The van der Waals surface area contributed by atoms with Crippen LogP contribution < -0.4 is 4.74 Å². The largest absolute Gasteiger partial charge is 0.616 e. The second kappa shape index (κ2) is 8.95. The lowest BCUT2D eigenvalue weighted by molar-refractivity contribution is -0.143. The number of aliphatic carboxylic acids is 1. The molecule has 2 heterocycles. The Morgan fingerprint density at radius 3 is 2.36 bits per heavy atom. The van der Waals surface area contributed by atoms with Crippen molar-refractivity contribution in [2.75, 3.05) is 37.7 Å². The van der Waals surface area contributed by atoms with Crippen molar-refractivity contribution in [3.05, 3.63) is 29.8 Å². The van der Waals surface area contributed by atoms with Gasteiger partial charge >= 0.3 is 18.6 Å². The van der Waals surface area contributed by atoms with Crippen LogP contribution in [0.4, 0.5) is 13.6 Å². The number of benzene rings is 1. The normalized spacial score (nSPS) is 23.7. The van der Waals surface area contributed by atoms with Gasteiger partial charge < -0.3 is 24.2 Å². The fourth-order valence-electron chi connectivity index (χ4n) is 3.63. The van der Waals surface area contributed by atoms with E-state index in [0.29, 0.717) is 37.6 Å². The number of likely N-dealkylation sites (tertiary alicyclic amines) is 1. The van der Waals surface area contributed by atoms with Crippen LogP contribution in [0.5, 0.6) is 5.75 Å². The second-order valence-electron chi connectivity index (χ2n) is 6.94. The lowest BCUT2D eigenvalue weighted by Crippen LogP contribution is -2.54. The summed E-state index contributed by atoms with van der Waals surface area (Å²) in [7, 11) is 0. The Kier molecular flexibility index (Phi) is 6.61. The third-order valence-corrected chi connectivity index (χ3v) is 6.37. The third-order valence-electron chi connectivity index (χ3n) is 5.10. The number of amides is 2. The summed E-state index contributed by atoms with van der Waals surface area (Å²) >= 11 is -0.912. The molecule has 7 nitrogen and oxygen atoms in total. The van der Waals surface area contributed by atoms with Crippen LogP contribution in [0.1, 0.15) is 17.9 Å². The summed E-state index contributed by atoms with van der Waals surface area (Å²) in [5.74, 6) is -1.02. The predicted octanol–water partition coefficient (Wildman–Crippen LogP) is 1.96. The molecule has 154 valence electrons. The van der Waals surface area contributed by atoms with Crippen LogP contribution in [-0.2, 0) is 16.0 Å². The van der Waals surface area contributed by atoms with Gasteiger partial charge in [0.15, 0.2) is 0 Å². The molecular formula is C18H22F2N2O5S. The van der Waals surface area contributed by atoms with Gasteiger partial charge in [0, 0.05) is 19.0 Å². The predicted molar refractivity (Wildman–Crippen MR) is 98.0 cm³/mol. The summed E-state index contributed by atoms with van der Waals surface area (Å²) < 4.78 is 40.4. The van der Waals surface area contributed by atoms with Crippen LogP contribution in [0, 0.1) is 5.92 Å². The lowest BCUT2D eigenvalue weighted by atomic mass is 9.84. The Bertz CT molecular complexity index is 698. The molecule has 0 radical (unpaired) electrons. The van der Waals surface area contributed by atoms with Crippen LogP contribution in [0.25, 0.3) is 0 Å². The molecule has 1 aromatic carbocycles. The molecule has 1 N–H and O–H groups in total. The molecule has 0 bridgehead atoms. The number of carbonyl (C=O) groups excluding carboxylic acids is 1. The number of urea groups is 1. The maximum Gasteiger partial charge on any atom is 0.387 e. The average molecular weight is 416 g/mol. The Labute approximate surface area is 164 Å². The number of rotatable bonds is 4. The maximum absolute atomic E-state index is 12.8. The first-order valence-electron chi connectivity index (χ1n) is 9.00. The van der Waals surface area contributed by atoms with Gasteiger partial charge in [0.25, 0.3) is 0 Å². The van der Waals surface area contributed by atoms with E-state index in [1.54, 1.807) is 17.0 Å². The van der Waals surface area contributed by atoms with Gasteiger partial charge in [0.1, 0.15) is 17.3 Å². The molecule has 2 aliphatic rings.